The first-order valence-electron chi connectivity index (χ1n) is 19.9. The van der Waals surface area contributed by atoms with E-state index >= 15 is 0 Å². The Bertz CT molecular complexity index is 1800. The number of unbranched alkanes of at least 4 members (excludes halogenated alkanes) is 2. The van der Waals surface area contributed by atoms with Crippen molar-refractivity contribution in [2.45, 2.75) is 103 Å². The smallest absolute Gasteiger partial charge is 0.407 e. The van der Waals surface area contributed by atoms with Crippen molar-refractivity contribution in [2.24, 2.45) is 0 Å². The van der Waals surface area contributed by atoms with E-state index in [9.17, 15) is 19.2 Å². The van der Waals surface area contributed by atoms with Crippen molar-refractivity contribution in [3.05, 3.63) is 72.6 Å². The summed E-state index contributed by atoms with van der Waals surface area (Å²) in [5.41, 5.74) is 5.80. The lowest BCUT2D eigenvalue weighted by molar-refractivity contribution is -0.134. The summed E-state index contributed by atoms with van der Waals surface area (Å²) in [6.45, 7) is 9.27. The Morgan fingerprint density at radius 1 is 0.661 bits per heavy atom. The lowest BCUT2D eigenvalue weighted by Gasteiger charge is -2.26. The molecule has 4 heterocycles. The van der Waals surface area contributed by atoms with Gasteiger partial charge < -0.3 is 39.9 Å². The van der Waals surface area contributed by atoms with Crippen molar-refractivity contribution < 1.29 is 28.7 Å². The summed E-state index contributed by atoms with van der Waals surface area (Å²) < 4.78 is 10.3. The molecule has 2 aliphatic heterocycles. The molecular formula is C42H54N8O6. The Morgan fingerprint density at radius 3 is 1.41 bits per heavy atom. The topological polar surface area (TPSA) is 175 Å². The molecule has 56 heavy (non-hydrogen) atoms. The highest BCUT2D eigenvalue weighted by molar-refractivity contribution is 5.86. The van der Waals surface area contributed by atoms with E-state index in [1.807, 2.05) is 13.8 Å². The molecule has 2 aromatic heterocycles. The van der Waals surface area contributed by atoms with Gasteiger partial charge in [-0.2, -0.15) is 0 Å². The zero-order valence-corrected chi connectivity index (χ0v) is 32.8. The third kappa shape index (κ3) is 9.58. The number of imidazole rings is 2. The summed E-state index contributed by atoms with van der Waals surface area (Å²) in [6.07, 6.45) is 9.13. The van der Waals surface area contributed by atoms with E-state index < -0.39 is 24.3 Å². The highest BCUT2D eigenvalue weighted by atomic mass is 16.6. The molecule has 2 fully saturated rings. The molecule has 0 radical (unpaired) electrons. The van der Waals surface area contributed by atoms with Gasteiger partial charge in [0.1, 0.15) is 23.7 Å². The second kappa shape index (κ2) is 18.8. The lowest BCUT2D eigenvalue weighted by atomic mass is 10.0. The van der Waals surface area contributed by atoms with Crippen LogP contribution >= 0.6 is 0 Å². The number of rotatable bonds is 15. The van der Waals surface area contributed by atoms with Crippen LogP contribution in [0.4, 0.5) is 9.59 Å². The second-order valence-electron chi connectivity index (χ2n) is 14.6. The number of nitrogens with zero attached hydrogens (tertiary/aromatic N) is 4. The highest BCUT2D eigenvalue weighted by Crippen LogP contribution is 2.34. The van der Waals surface area contributed by atoms with Crippen LogP contribution < -0.4 is 10.6 Å². The van der Waals surface area contributed by atoms with Gasteiger partial charge in [-0.25, -0.2) is 19.6 Å². The number of alkyl carbamates (subject to hydrolysis) is 2. The van der Waals surface area contributed by atoms with E-state index in [1.54, 1.807) is 36.0 Å². The molecule has 0 saturated carbocycles. The molecule has 2 aromatic carbocycles. The molecule has 4 atom stereocenters. The maximum atomic E-state index is 13.3. The number of likely N-dealkylation sites (tertiary alicyclic amines) is 2. The van der Waals surface area contributed by atoms with Crippen LogP contribution in [0.1, 0.15) is 103 Å². The van der Waals surface area contributed by atoms with Gasteiger partial charge in [0.2, 0.25) is 11.8 Å². The van der Waals surface area contributed by atoms with Crippen LogP contribution in [0.25, 0.3) is 33.6 Å². The average Bonchev–Trinajstić information content (AvgIpc) is 4.05. The molecule has 4 N–H and O–H groups in total. The fraction of sp³-hybridized carbons (Fsp3) is 0.476. The van der Waals surface area contributed by atoms with Gasteiger partial charge in [0.25, 0.3) is 0 Å². The summed E-state index contributed by atoms with van der Waals surface area (Å²) in [7, 11) is 0. The summed E-state index contributed by atoms with van der Waals surface area (Å²) in [6, 6.07) is 14.7. The van der Waals surface area contributed by atoms with Gasteiger partial charge >= 0.3 is 12.2 Å². The van der Waals surface area contributed by atoms with Crippen LogP contribution in [-0.2, 0) is 19.1 Å². The van der Waals surface area contributed by atoms with Crippen molar-refractivity contribution in [3.63, 3.8) is 0 Å². The van der Waals surface area contributed by atoms with Crippen LogP contribution in [0.15, 0.2) is 60.9 Å². The summed E-state index contributed by atoms with van der Waals surface area (Å²) in [5, 5.41) is 5.33. The molecule has 6 rings (SSSR count). The molecule has 0 bridgehead atoms. The Morgan fingerprint density at radius 2 is 1.04 bits per heavy atom. The van der Waals surface area contributed by atoms with Crippen molar-refractivity contribution in [1.82, 2.24) is 40.4 Å². The van der Waals surface area contributed by atoms with E-state index in [4.69, 9.17) is 9.47 Å². The number of aromatic amines is 2. The number of ether oxygens (including phenoxy) is 2. The third-order valence-electron chi connectivity index (χ3n) is 10.5. The van der Waals surface area contributed by atoms with E-state index in [-0.39, 0.29) is 23.9 Å². The van der Waals surface area contributed by atoms with Crippen molar-refractivity contribution in [2.75, 3.05) is 26.3 Å². The highest BCUT2D eigenvalue weighted by Gasteiger charge is 2.36. The first-order valence-corrected chi connectivity index (χ1v) is 19.9. The predicted molar refractivity (Wildman–Crippen MR) is 212 cm³/mol. The molecule has 2 saturated heterocycles. The predicted octanol–water partition coefficient (Wildman–Crippen LogP) is 7.29. The number of nitrogens with one attached hydrogen (secondary N) is 4. The minimum absolute atomic E-state index is 0.157. The average molecular weight is 767 g/mol. The molecule has 4 aromatic rings. The minimum Gasteiger partial charge on any atom is -0.450 e. The number of carbonyl (C=O) groups is 4. The third-order valence-corrected chi connectivity index (χ3v) is 10.5. The van der Waals surface area contributed by atoms with Gasteiger partial charge in [-0.1, -0.05) is 75.2 Å². The van der Waals surface area contributed by atoms with Gasteiger partial charge in [0.15, 0.2) is 0 Å². The number of benzene rings is 2. The molecule has 0 unspecified atom stereocenters. The SMILES string of the molecule is CCCCOC(=O)N[C@@H](C)C(=O)N1CCC[C@H]1c1ncc(-c2ccc(-c3ccc(-c4cnc([C@@H]5CCCN5C(=O)[C@H](C)NC(=O)OCCCC)[nH]4)cc3)cc2)[nH]1. The second-order valence-corrected chi connectivity index (χ2v) is 14.6. The first kappa shape index (κ1) is 40.0. The quantitative estimate of drug-likeness (QED) is 0.0913. The Labute approximate surface area is 328 Å². The van der Waals surface area contributed by atoms with E-state index in [0.29, 0.717) is 26.3 Å². The monoisotopic (exact) mass is 766 g/mol. The maximum Gasteiger partial charge on any atom is 0.407 e. The molecule has 298 valence electrons. The molecule has 2 aliphatic rings. The molecule has 14 nitrogen and oxygen atoms in total. The minimum atomic E-state index is -0.703. The van der Waals surface area contributed by atoms with Crippen LogP contribution in [0.5, 0.6) is 0 Å². The normalized spacial score (nSPS) is 17.7. The first-order chi connectivity index (χ1) is 27.2. The maximum absolute atomic E-state index is 13.3. The molecule has 14 heteroatoms. The van der Waals surface area contributed by atoms with Crippen molar-refractivity contribution in [3.8, 4) is 33.6 Å². The molecule has 0 aliphatic carbocycles. The summed E-state index contributed by atoms with van der Waals surface area (Å²) in [5.74, 6) is 1.14. The number of hydrogen-bond donors (Lipinski definition) is 4. The number of H-pyrrole nitrogens is 2. The van der Waals surface area contributed by atoms with E-state index in [1.165, 1.54) is 0 Å². The van der Waals surface area contributed by atoms with Crippen LogP contribution in [0.2, 0.25) is 0 Å². The standard InChI is InChI=1S/C42H54N8O6/c1-5-7-23-55-41(53)45-27(3)39(51)49-21-9-11-35(49)37-43-25-33(47-37)31-17-13-29(14-18-31)30-15-19-32(20-16-30)34-26-44-38(48-34)36-12-10-22-50(36)40(52)28(4)46-42(54)56-24-8-6-2/h13-20,25-28,35-36H,5-12,21-24H2,1-4H3,(H,43,47)(H,44,48)(H,45,53)(H,46,54)/t27-,28-,35-,36-/m0/s1. The van der Waals surface area contributed by atoms with Crippen molar-refractivity contribution in [1.29, 1.82) is 0 Å². The fourth-order valence-electron chi connectivity index (χ4n) is 7.30. The van der Waals surface area contributed by atoms with Gasteiger partial charge in [-0.15, -0.1) is 0 Å². The zero-order chi connectivity index (χ0) is 39.6. The Hall–Kier alpha value is -5.66. The van der Waals surface area contributed by atoms with E-state index in [0.717, 1.165) is 96.7 Å². The van der Waals surface area contributed by atoms with E-state index in [2.05, 4.69) is 79.1 Å². The molecular weight excluding hydrogens is 713 g/mol. The van der Waals surface area contributed by atoms with Gasteiger partial charge in [-0.3, -0.25) is 9.59 Å². The van der Waals surface area contributed by atoms with Crippen LogP contribution in [-0.4, -0.2) is 92.1 Å². The summed E-state index contributed by atoms with van der Waals surface area (Å²) in [4.78, 5) is 70.6. The van der Waals surface area contributed by atoms with Gasteiger partial charge in [0.05, 0.1) is 49.1 Å². The lowest BCUT2D eigenvalue weighted by Crippen LogP contribution is -2.47. The van der Waals surface area contributed by atoms with Gasteiger partial charge in [-0.05, 0) is 74.6 Å². The fourth-order valence-corrected chi connectivity index (χ4v) is 7.30. The summed E-state index contributed by atoms with van der Waals surface area (Å²) >= 11 is 0. The largest absolute Gasteiger partial charge is 0.450 e. The Kier molecular flexibility index (Phi) is 13.4. The number of amides is 4. The number of aromatic nitrogens is 4. The number of carbonyl (C=O) groups excluding carboxylic acids is 4. The molecule has 4 amide bonds. The number of hydrogen-bond acceptors (Lipinski definition) is 8. The van der Waals surface area contributed by atoms with Gasteiger partial charge in [0, 0.05) is 13.1 Å². The Balaban J connectivity index is 1.04. The molecule has 0 spiro atoms. The van der Waals surface area contributed by atoms with Crippen LogP contribution in [0, 0.1) is 0 Å². The van der Waals surface area contributed by atoms with Crippen molar-refractivity contribution >= 4 is 24.0 Å². The zero-order valence-electron chi connectivity index (χ0n) is 32.8. The van der Waals surface area contributed by atoms with Crippen LogP contribution in [0.3, 0.4) is 0 Å².